The summed E-state index contributed by atoms with van der Waals surface area (Å²) in [5, 5.41) is 6.11. The molecule has 0 radical (unpaired) electrons. The van der Waals surface area contributed by atoms with Crippen LogP contribution in [0.3, 0.4) is 0 Å². The van der Waals surface area contributed by atoms with Gasteiger partial charge in [-0.05, 0) is 22.3 Å². The normalized spacial score (nSPS) is 19.6. The van der Waals surface area contributed by atoms with Crippen molar-refractivity contribution in [3.63, 3.8) is 0 Å². The van der Waals surface area contributed by atoms with E-state index in [0.717, 1.165) is 6.54 Å². The van der Waals surface area contributed by atoms with Crippen LogP contribution in [0.1, 0.15) is 17.0 Å². The van der Waals surface area contributed by atoms with Crippen molar-refractivity contribution in [2.24, 2.45) is 0 Å². The van der Waals surface area contributed by atoms with E-state index in [1.165, 1.54) is 22.3 Å². The highest BCUT2D eigenvalue weighted by molar-refractivity contribution is 5.79. The summed E-state index contributed by atoms with van der Waals surface area (Å²) in [4.78, 5) is 12.2. The van der Waals surface area contributed by atoms with Gasteiger partial charge in [0.25, 0.3) is 0 Å². The number of rotatable bonds is 3. The molecule has 2 aromatic carbocycles. The van der Waals surface area contributed by atoms with E-state index in [1.807, 2.05) is 24.3 Å². The lowest BCUT2D eigenvalue weighted by atomic mass is 9.98. The Kier molecular flexibility index (Phi) is 4.68. The van der Waals surface area contributed by atoms with Crippen molar-refractivity contribution in [3.05, 3.63) is 59.7 Å². The summed E-state index contributed by atoms with van der Waals surface area (Å²) >= 11 is 0. The zero-order valence-electron chi connectivity index (χ0n) is 14.0. The van der Waals surface area contributed by atoms with Gasteiger partial charge < -0.3 is 20.1 Å². The van der Waals surface area contributed by atoms with E-state index < -0.39 is 0 Å². The van der Waals surface area contributed by atoms with Crippen molar-refractivity contribution >= 4 is 6.09 Å². The number of ether oxygens (including phenoxy) is 2. The maximum atomic E-state index is 12.2. The van der Waals surface area contributed by atoms with Crippen LogP contribution in [-0.2, 0) is 9.47 Å². The van der Waals surface area contributed by atoms with E-state index in [0.29, 0.717) is 26.4 Å². The number of hydrogen-bond acceptors (Lipinski definition) is 4. The third-order valence-corrected chi connectivity index (χ3v) is 4.80. The molecule has 1 aliphatic carbocycles. The van der Waals surface area contributed by atoms with Crippen molar-refractivity contribution in [3.8, 4) is 11.1 Å². The van der Waals surface area contributed by atoms with Crippen molar-refractivity contribution in [2.45, 2.75) is 12.0 Å². The summed E-state index contributed by atoms with van der Waals surface area (Å²) in [6.07, 6.45) is -0.390. The smallest absolute Gasteiger partial charge is 0.407 e. The molecule has 1 saturated heterocycles. The fourth-order valence-corrected chi connectivity index (χ4v) is 3.60. The van der Waals surface area contributed by atoms with E-state index in [1.54, 1.807) is 0 Å². The Labute approximate surface area is 147 Å². The van der Waals surface area contributed by atoms with Crippen LogP contribution in [0.25, 0.3) is 11.1 Å². The Hall–Kier alpha value is -2.37. The van der Waals surface area contributed by atoms with Gasteiger partial charge in [-0.3, -0.25) is 0 Å². The van der Waals surface area contributed by atoms with Crippen LogP contribution in [0, 0.1) is 0 Å². The molecule has 2 N–H and O–H groups in total. The number of alkyl carbamates (subject to hydrolysis) is 1. The maximum Gasteiger partial charge on any atom is 0.407 e. The third kappa shape index (κ3) is 3.38. The summed E-state index contributed by atoms with van der Waals surface area (Å²) in [7, 11) is 0. The van der Waals surface area contributed by atoms with Gasteiger partial charge in [0.1, 0.15) is 6.61 Å². The fraction of sp³-hybridized carbons (Fsp3) is 0.350. The van der Waals surface area contributed by atoms with Gasteiger partial charge in [-0.15, -0.1) is 0 Å². The molecule has 4 rings (SSSR count). The standard InChI is InChI=1S/C20H22N2O3/c23-20(22-14-11-21-9-10-24-12-14)25-13-19-17-7-3-1-5-15(17)16-6-2-4-8-18(16)19/h1-8,14,19,21H,9-13H2,(H,22,23). The largest absolute Gasteiger partial charge is 0.449 e. The highest BCUT2D eigenvalue weighted by Gasteiger charge is 2.29. The molecule has 5 nitrogen and oxygen atoms in total. The minimum atomic E-state index is -0.390. The number of benzene rings is 2. The molecular formula is C20H22N2O3. The molecule has 25 heavy (non-hydrogen) atoms. The highest BCUT2D eigenvalue weighted by atomic mass is 16.5. The van der Waals surface area contributed by atoms with E-state index in [-0.39, 0.29) is 18.1 Å². The molecule has 0 saturated carbocycles. The van der Waals surface area contributed by atoms with Gasteiger partial charge in [0.05, 0.1) is 19.3 Å². The molecule has 1 heterocycles. The highest BCUT2D eigenvalue weighted by Crippen LogP contribution is 2.44. The monoisotopic (exact) mass is 338 g/mol. The average molecular weight is 338 g/mol. The zero-order valence-corrected chi connectivity index (χ0v) is 14.0. The van der Waals surface area contributed by atoms with Gasteiger partial charge in [0, 0.05) is 19.0 Å². The summed E-state index contributed by atoms with van der Waals surface area (Å²) in [5.41, 5.74) is 4.90. The van der Waals surface area contributed by atoms with Crippen LogP contribution in [0.5, 0.6) is 0 Å². The molecule has 0 bridgehead atoms. The molecule has 1 atom stereocenters. The SMILES string of the molecule is O=C(NC1CNCCOC1)OCC1c2ccccc2-c2ccccc21. The van der Waals surface area contributed by atoms with Crippen LogP contribution in [0.2, 0.25) is 0 Å². The van der Waals surface area contributed by atoms with Crippen LogP contribution in [0.4, 0.5) is 4.79 Å². The second-order valence-electron chi connectivity index (χ2n) is 6.45. The molecule has 2 aliphatic rings. The first-order chi connectivity index (χ1) is 12.3. The quantitative estimate of drug-likeness (QED) is 0.903. The number of carbonyl (C=O) groups is 1. The fourth-order valence-electron chi connectivity index (χ4n) is 3.60. The molecule has 0 aromatic heterocycles. The number of amides is 1. The Morgan fingerprint density at radius 3 is 2.52 bits per heavy atom. The molecule has 2 aromatic rings. The second kappa shape index (κ2) is 7.25. The lowest BCUT2D eigenvalue weighted by Crippen LogP contribution is -2.43. The summed E-state index contributed by atoms with van der Waals surface area (Å²) in [6.45, 7) is 3.02. The Morgan fingerprint density at radius 1 is 1.12 bits per heavy atom. The molecule has 1 amide bonds. The molecule has 130 valence electrons. The van der Waals surface area contributed by atoms with E-state index >= 15 is 0 Å². The Morgan fingerprint density at radius 2 is 1.80 bits per heavy atom. The Bertz CT molecular complexity index is 709. The Balaban J connectivity index is 1.43. The average Bonchev–Trinajstić information content (AvgIpc) is 2.77. The van der Waals surface area contributed by atoms with Gasteiger partial charge in [-0.25, -0.2) is 4.79 Å². The molecular weight excluding hydrogens is 316 g/mol. The number of nitrogens with one attached hydrogen (secondary N) is 2. The van der Waals surface area contributed by atoms with Crippen molar-refractivity contribution in [1.82, 2.24) is 10.6 Å². The summed E-state index contributed by atoms with van der Waals surface area (Å²) in [5.74, 6) is 0.0849. The van der Waals surface area contributed by atoms with Gasteiger partial charge in [-0.1, -0.05) is 48.5 Å². The zero-order chi connectivity index (χ0) is 17.1. The molecule has 1 fully saturated rings. The molecule has 1 aliphatic heterocycles. The van der Waals surface area contributed by atoms with Crippen LogP contribution >= 0.6 is 0 Å². The topological polar surface area (TPSA) is 59.6 Å². The molecule has 1 unspecified atom stereocenters. The van der Waals surface area contributed by atoms with E-state index in [2.05, 4.69) is 34.9 Å². The number of carbonyl (C=O) groups excluding carboxylic acids is 1. The first-order valence-corrected chi connectivity index (χ1v) is 8.73. The predicted octanol–water partition coefficient (Wildman–Crippen LogP) is 2.51. The van der Waals surface area contributed by atoms with Gasteiger partial charge in [-0.2, -0.15) is 0 Å². The molecule has 5 heteroatoms. The van der Waals surface area contributed by atoms with Crippen molar-refractivity contribution in [1.29, 1.82) is 0 Å². The summed E-state index contributed by atoms with van der Waals surface area (Å²) in [6, 6.07) is 16.6. The van der Waals surface area contributed by atoms with Gasteiger partial charge >= 0.3 is 6.09 Å². The maximum absolute atomic E-state index is 12.2. The van der Waals surface area contributed by atoms with Gasteiger partial charge in [0.2, 0.25) is 0 Å². The lowest BCUT2D eigenvalue weighted by Gasteiger charge is -2.18. The van der Waals surface area contributed by atoms with E-state index in [4.69, 9.17) is 9.47 Å². The van der Waals surface area contributed by atoms with Crippen LogP contribution < -0.4 is 10.6 Å². The minimum Gasteiger partial charge on any atom is -0.449 e. The first-order valence-electron chi connectivity index (χ1n) is 8.73. The van der Waals surface area contributed by atoms with E-state index in [9.17, 15) is 4.79 Å². The number of hydrogen-bond donors (Lipinski definition) is 2. The first kappa shape index (κ1) is 16.1. The molecule has 0 spiro atoms. The van der Waals surface area contributed by atoms with Crippen LogP contribution in [-0.4, -0.2) is 45.0 Å². The second-order valence-corrected chi connectivity index (χ2v) is 6.45. The minimum absolute atomic E-state index is 0.0573. The van der Waals surface area contributed by atoms with Gasteiger partial charge in [0.15, 0.2) is 0 Å². The summed E-state index contributed by atoms with van der Waals surface area (Å²) < 4.78 is 11.0. The number of fused-ring (bicyclic) bond motifs is 3. The van der Waals surface area contributed by atoms with Crippen molar-refractivity contribution in [2.75, 3.05) is 32.9 Å². The lowest BCUT2D eigenvalue weighted by molar-refractivity contribution is 0.114. The predicted molar refractivity (Wildman–Crippen MR) is 95.7 cm³/mol. The van der Waals surface area contributed by atoms with Crippen molar-refractivity contribution < 1.29 is 14.3 Å². The van der Waals surface area contributed by atoms with Crippen LogP contribution in [0.15, 0.2) is 48.5 Å². The third-order valence-electron chi connectivity index (χ3n) is 4.80.